The minimum atomic E-state index is -1.16. The lowest BCUT2D eigenvalue weighted by molar-refractivity contribution is -0.114. The number of carboxylic acid groups (broad SMARTS) is 1. The molecule has 0 bridgehead atoms. The largest absolute Gasteiger partial charge is 0.465 e. The molecule has 0 saturated carbocycles. The van der Waals surface area contributed by atoms with Crippen molar-refractivity contribution < 1.29 is 14.7 Å². The third-order valence-corrected chi connectivity index (χ3v) is 1.82. The number of hydrogen-bond acceptors (Lipinski definition) is 2. The maximum absolute atomic E-state index is 10.9. The van der Waals surface area contributed by atoms with Gasteiger partial charge in [0.15, 0.2) is 0 Å². The summed E-state index contributed by atoms with van der Waals surface area (Å²) in [6, 6.07) is 5.14. The van der Waals surface area contributed by atoms with Crippen LogP contribution >= 0.6 is 0 Å². The van der Waals surface area contributed by atoms with E-state index in [0.717, 1.165) is 5.56 Å². The van der Waals surface area contributed by atoms with Crippen LogP contribution in [0, 0.1) is 6.92 Å². The van der Waals surface area contributed by atoms with Gasteiger partial charge >= 0.3 is 6.09 Å². The molecule has 0 fully saturated rings. The zero-order valence-electron chi connectivity index (χ0n) is 8.50. The highest BCUT2D eigenvalue weighted by molar-refractivity contribution is 5.97. The second-order valence-electron chi connectivity index (χ2n) is 3.11. The minimum absolute atomic E-state index is 0.242. The molecule has 0 aliphatic rings. The highest BCUT2D eigenvalue weighted by Gasteiger charge is 2.08. The lowest BCUT2D eigenvalue weighted by atomic mass is 10.1. The van der Waals surface area contributed by atoms with E-state index in [9.17, 15) is 9.59 Å². The average Bonchev–Trinajstić information content (AvgIpc) is 2.09. The summed E-state index contributed by atoms with van der Waals surface area (Å²) in [6.07, 6.45) is -1.16. The molecule has 0 heterocycles. The lowest BCUT2D eigenvalue weighted by Gasteiger charge is -2.11. The summed E-state index contributed by atoms with van der Waals surface area (Å²) in [5, 5.41) is 13.4. The Labute approximate surface area is 87.1 Å². The number of hydrogen-bond donors (Lipinski definition) is 3. The first-order valence-electron chi connectivity index (χ1n) is 4.38. The Kier molecular flexibility index (Phi) is 3.28. The fourth-order valence-electron chi connectivity index (χ4n) is 1.23. The predicted octanol–water partition coefficient (Wildman–Crippen LogP) is 2.04. The van der Waals surface area contributed by atoms with Crippen LogP contribution in [0.1, 0.15) is 12.5 Å². The zero-order valence-corrected chi connectivity index (χ0v) is 8.50. The van der Waals surface area contributed by atoms with E-state index >= 15 is 0 Å². The molecule has 2 amide bonds. The predicted molar refractivity (Wildman–Crippen MR) is 57.1 cm³/mol. The van der Waals surface area contributed by atoms with Gasteiger partial charge in [-0.25, -0.2) is 4.79 Å². The van der Waals surface area contributed by atoms with Crippen molar-refractivity contribution in [2.24, 2.45) is 0 Å². The van der Waals surface area contributed by atoms with E-state index in [1.165, 1.54) is 6.92 Å². The quantitative estimate of drug-likeness (QED) is 0.695. The average molecular weight is 208 g/mol. The van der Waals surface area contributed by atoms with Crippen LogP contribution in [0.15, 0.2) is 18.2 Å². The Morgan fingerprint density at radius 3 is 2.47 bits per heavy atom. The number of rotatable bonds is 2. The molecule has 1 aromatic carbocycles. The van der Waals surface area contributed by atoms with E-state index in [1.807, 2.05) is 0 Å². The van der Waals surface area contributed by atoms with Crippen molar-refractivity contribution in [2.75, 3.05) is 10.6 Å². The van der Waals surface area contributed by atoms with Crippen molar-refractivity contribution in [3.05, 3.63) is 23.8 Å². The van der Waals surface area contributed by atoms with Gasteiger partial charge in [-0.2, -0.15) is 0 Å². The van der Waals surface area contributed by atoms with Crippen LogP contribution in [-0.4, -0.2) is 17.1 Å². The summed E-state index contributed by atoms with van der Waals surface area (Å²) in [7, 11) is 0. The summed E-state index contributed by atoms with van der Waals surface area (Å²) in [4.78, 5) is 21.4. The molecular weight excluding hydrogens is 196 g/mol. The fraction of sp³-hybridized carbons (Fsp3) is 0.200. The van der Waals surface area contributed by atoms with Crippen LogP contribution in [0.2, 0.25) is 0 Å². The lowest BCUT2D eigenvalue weighted by Crippen LogP contribution is -2.13. The number of amides is 2. The smallest absolute Gasteiger partial charge is 0.409 e. The van der Waals surface area contributed by atoms with Gasteiger partial charge in [0, 0.05) is 6.92 Å². The summed E-state index contributed by atoms with van der Waals surface area (Å²) in [6.45, 7) is 3.13. The topological polar surface area (TPSA) is 78.4 Å². The molecule has 1 aromatic rings. The van der Waals surface area contributed by atoms with E-state index < -0.39 is 6.09 Å². The van der Waals surface area contributed by atoms with Crippen LogP contribution < -0.4 is 10.6 Å². The third-order valence-electron chi connectivity index (χ3n) is 1.82. The maximum atomic E-state index is 10.9. The van der Waals surface area contributed by atoms with Gasteiger partial charge in [-0.15, -0.1) is 0 Å². The number of anilines is 2. The highest BCUT2D eigenvalue weighted by atomic mass is 16.4. The van der Waals surface area contributed by atoms with Crippen LogP contribution in [0.25, 0.3) is 0 Å². The van der Waals surface area contributed by atoms with E-state index in [1.54, 1.807) is 25.1 Å². The van der Waals surface area contributed by atoms with E-state index in [0.29, 0.717) is 11.4 Å². The summed E-state index contributed by atoms with van der Waals surface area (Å²) >= 11 is 0. The first-order valence-corrected chi connectivity index (χ1v) is 4.38. The Hall–Kier alpha value is -2.04. The van der Waals surface area contributed by atoms with E-state index in [-0.39, 0.29) is 5.91 Å². The van der Waals surface area contributed by atoms with Gasteiger partial charge in [0.25, 0.3) is 0 Å². The fourth-order valence-corrected chi connectivity index (χ4v) is 1.23. The molecular formula is C10H12N2O3. The number of nitrogens with one attached hydrogen (secondary N) is 2. The van der Waals surface area contributed by atoms with Gasteiger partial charge in [-0.3, -0.25) is 10.1 Å². The molecule has 3 N–H and O–H groups in total. The van der Waals surface area contributed by atoms with Gasteiger partial charge in [0.05, 0.1) is 11.4 Å². The molecule has 15 heavy (non-hydrogen) atoms. The standard InChI is InChI=1S/C10H12N2O3/c1-6-4-3-5-8(11-7(2)13)9(6)12-10(14)15/h3-5,12H,1-2H3,(H,11,13)(H,14,15). The monoisotopic (exact) mass is 208 g/mol. The Morgan fingerprint density at radius 1 is 1.27 bits per heavy atom. The molecule has 5 nitrogen and oxygen atoms in total. The van der Waals surface area contributed by atoms with Gasteiger partial charge in [0.2, 0.25) is 5.91 Å². The molecule has 5 heteroatoms. The molecule has 0 radical (unpaired) electrons. The molecule has 0 atom stereocenters. The van der Waals surface area contributed by atoms with Gasteiger partial charge < -0.3 is 10.4 Å². The van der Waals surface area contributed by atoms with Gasteiger partial charge in [-0.1, -0.05) is 12.1 Å². The molecule has 0 unspecified atom stereocenters. The molecule has 0 spiro atoms. The van der Waals surface area contributed by atoms with E-state index in [2.05, 4.69) is 10.6 Å². The molecule has 0 aromatic heterocycles. The summed E-state index contributed by atoms with van der Waals surface area (Å²) in [5.41, 5.74) is 1.62. The zero-order chi connectivity index (χ0) is 11.4. The number of carbonyl (C=O) groups excluding carboxylic acids is 1. The van der Waals surface area contributed by atoms with Crippen LogP contribution in [0.3, 0.4) is 0 Å². The number of carbonyl (C=O) groups is 2. The van der Waals surface area contributed by atoms with Crippen LogP contribution in [0.5, 0.6) is 0 Å². The normalized spacial score (nSPS) is 9.47. The Morgan fingerprint density at radius 2 is 1.93 bits per heavy atom. The number of benzene rings is 1. The van der Waals surface area contributed by atoms with Gasteiger partial charge in [0.1, 0.15) is 0 Å². The van der Waals surface area contributed by atoms with Crippen molar-refractivity contribution in [3.63, 3.8) is 0 Å². The second kappa shape index (κ2) is 4.45. The molecule has 0 saturated heterocycles. The van der Waals surface area contributed by atoms with Crippen LogP contribution in [-0.2, 0) is 4.79 Å². The SMILES string of the molecule is CC(=O)Nc1cccc(C)c1NC(=O)O. The molecule has 0 aliphatic carbocycles. The Balaban J connectivity index is 3.08. The van der Waals surface area contributed by atoms with Crippen molar-refractivity contribution in [2.45, 2.75) is 13.8 Å². The van der Waals surface area contributed by atoms with Gasteiger partial charge in [-0.05, 0) is 18.6 Å². The molecule has 80 valence electrons. The minimum Gasteiger partial charge on any atom is -0.465 e. The summed E-state index contributed by atoms with van der Waals surface area (Å²) in [5.74, 6) is -0.242. The summed E-state index contributed by atoms with van der Waals surface area (Å²) < 4.78 is 0. The second-order valence-corrected chi connectivity index (χ2v) is 3.11. The van der Waals surface area contributed by atoms with Crippen LogP contribution in [0.4, 0.5) is 16.2 Å². The van der Waals surface area contributed by atoms with Crippen molar-refractivity contribution in [3.8, 4) is 0 Å². The van der Waals surface area contributed by atoms with Crippen molar-refractivity contribution >= 4 is 23.4 Å². The molecule has 1 rings (SSSR count). The van der Waals surface area contributed by atoms with Crippen molar-refractivity contribution in [1.82, 2.24) is 0 Å². The maximum Gasteiger partial charge on any atom is 0.409 e. The van der Waals surface area contributed by atoms with E-state index in [4.69, 9.17) is 5.11 Å². The first-order chi connectivity index (χ1) is 7.00. The number of para-hydroxylation sites is 1. The van der Waals surface area contributed by atoms with Crippen molar-refractivity contribution in [1.29, 1.82) is 0 Å². The first kappa shape index (κ1) is 11.0. The number of aryl methyl sites for hydroxylation is 1. The Bertz CT molecular complexity index is 402. The third kappa shape index (κ3) is 2.98. The molecule has 0 aliphatic heterocycles. The highest BCUT2D eigenvalue weighted by Crippen LogP contribution is 2.25.